The van der Waals surface area contributed by atoms with Crippen LogP contribution >= 0.6 is 27.7 Å². The quantitative estimate of drug-likeness (QED) is 0.269. The minimum absolute atomic E-state index is 0.0398. The number of nitrogens with zero attached hydrogens (tertiary/aromatic N) is 2. The van der Waals surface area contributed by atoms with E-state index in [2.05, 4.69) is 15.9 Å². The van der Waals surface area contributed by atoms with Gasteiger partial charge >= 0.3 is 0 Å². The van der Waals surface area contributed by atoms with Crippen molar-refractivity contribution in [3.63, 3.8) is 0 Å². The van der Waals surface area contributed by atoms with Gasteiger partial charge in [0, 0.05) is 28.2 Å². The molecule has 7 nitrogen and oxygen atoms in total. The van der Waals surface area contributed by atoms with Crippen LogP contribution < -0.4 is 4.90 Å². The molecule has 144 valence electrons. The van der Waals surface area contributed by atoms with E-state index in [1.807, 2.05) is 0 Å². The van der Waals surface area contributed by atoms with E-state index in [4.69, 9.17) is 4.42 Å². The fraction of sp³-hybridized carbons (Fsp3) is 0. The highest BCUT2D eigenvalue weighted by molar-refractivity contribution is 9.10. The van der Waals surface area contributed by atoms with Crippen molar-refractivity contribution in [3.05, 3.63) is 85.9 Å². The summed E-state index contributed by atoms with van der Waals surface area (Å²) in [5, 5.41) is 10.5. The van der Waals surface area contributed by atoms with Gasteiger partial charge in [0.15, 0.2) is 0 Å². The third kappa shape index (κ3) is 3.74. The number of imide groups is 1. The maximum absolute atomic E-state index is 12.7. The Hall–Kier alpha value is -3.17. The third-order valence-corrected chi connectivity index (χ3v) is 5.66. The van der Waals surface area contributed by atoms with E-state index < -0.39 is 10.8 Å². The second-order valence-corrected chi connectivity index (χ2v) is 7.82. The zero-order chi connectivity index (χ0) is 20.5. The van der Waals surface area contributed by atoms with Crippen LogP contribution in [0.2, 0.25) is 0 Å². The lowest BCUT2D eigenvalue weighted by Gasteiger charge is -2.11. The molecule has 0 atom stereocenters. The molecule has 0 aliphatic carbocycles. The number of halogens is 1. The summed E-state index contributed by atoms with van der Waals surface area (Å²) in [6, 6.07) is 16.4. The first-order valence-corrected chi connectivity index (χ1v) is 9.92. The molecule has 1 aliphatic heterocycles. The molecule has 3 aromatic rings. The van der Waals surface area contributed by atoms with Crippen LogP contribution in [0.15, 0.2) is 74.5 Å². The molecule has 1 aromatic heterocycles. The van der Waals surface area contributed by atoms with E-state index in [0.717, 1.165) is 16.7 Å². The second-order valence-electron chi connectivity index (χ2n) is 5.98. The van der Waals surface area contributed by atoms with E-state index in [1.165, 1.54) is 18.2 Å². The molecule has 4 rings (SSSR count). The molecule has 0 spiro atoms. The summed E-state index contributed by atoms with van der Waals surface area (Å²) in [7, 11) is 0. The van der Waals surface area contributed by atoms with Crippen LogP contribution in [0.3, 0.4) is 0 Å². The number of thioether (sulfide) groups is 1. The third-order valence-electron chi connectivity index (χ3n) is 4.14. The molecule has 0 saturated carbocycles. The van der Waals surface area contributed by atoms with Gasteiger partial charge in [-0.2, -0.15) is 0 Å². The number of hydrogen-bond donors (Lipinski definition) is 0. The second kappa shape index (κ2) is 7.69. The number of nitro benzene ring substituents is 1. The lowest BCUT2D eigenvalue weighted by molar-refractivity contribution is -0.384. The molecule has 2 amide bonds. The minimum Gasteiger partial charge on any atom is -0.457 e. The summed E-state index contributed by atoms with van der Waals surface area (Å²) >= 11 is 4.15. The molecular weight excluding hydrogens is 460 g/mol. The summed E-state index contributed by atoms with van der Waals surface area (Å²) in [6.07, 6.45) is 1.51. The van der Waals surface area contributed by atoms with Gasteiger partial charge in [-0.3, -0.25) is 19.7 Å². The van der Waals surface area contributed by atoms with Crippen molar-refractivity contribution in [2.75, 3.05) is 4.90 Å². The first kappa shape index (κ1) is 19.2. The van der Waals surface area contributed by atoms with Gasteiger partial charge in [-0.15, -0.1) is 0 Å². The number of carbonyl (C=O) groups excluding carboxylic acids is 2. The van der Waals surface area contributed by atoms with Crippen molar-refractivity contribution in [1.82, 2.24) is 0 Å². The van der Waals surface area contributed by atoms with Gasteiger partial charge in [-0.05, 0) is 58.0 Å². The van der Waals surface area contributed by atoms with Crippen molar-refractivity contribution in [2.45, 2.75) is 0 Å². The largest absolute Gasteiger partial charge is 0.457 e. The molecular formula is C20H11BrN2O5S. The number of rotatable bonds is 4. The normalized spacial score (nSPS) is 15.3. The van der Waals surface area contributed by atoms with Crippen molar-refractivity contribution in [3.8, 4) is 11.3 Å². The Kier molecular flexibility index (Phi) is 5.08. The maximum atomic E-state index is 12.7. The van der Waals surface area contributed by atoms with Crippen LogP contribution in [-0.2, 0) is 4.79 Å². The molecule has 2 heterocycles. The van der Waals surface area contributed by atoms with E-state index in [0.29, 0.717) is 27.2 Å². The first-order chi connectivity index (χ1) is 13.9. The summed E-state index contributed by atoms with van der Waals surface area (Å²) < 4.78 is 6.28. The van der Waals surface area contributed by atoms with Crippen LogP contribution in [-0.4, -0.2) is 16.1 Å². The number of nitro groups is 1. The Bertz CT molecular complexity index is 1170. The van der Waals surface area contributed by atoms with Gasteiger partial charge in [-0.25, -0.2) is 4.90 Å². The zero-order valence-electron chi connectivity index (χ0n) is 14.6. The molecule has 0 bridgehead atoms. The molecule has 29 heavy (non-hydrogen) atoms. The minimum atomic E-state index is -0.481. The van der Waals surface area contributed by atoms with Gasteiger partial charge in [0.2, 0.25) is 0 Å². The van der Waals surface area contributed by atoms with Gasteiger partial charge in [0.25, 0.3) is 16.8 Å². The number of amides is 2. The number of anilines is 1. The van der Waals surface area contributed by atoms with Crippen LogP contribution in [0.5, 0.6) is 0 Å². The Morgan fingerprint density at radius 3 is 2.52 bits per heavy atom. The summed E-state index contributed by atoms with van der Waals surface area (Å²) in [5.41, 5.74) is 1.10. The molecule has 0 N–H and O–H groups in total. The van der Waals surface area contributed by atoms with Crippen LogP contribution in [0.25, 0.3) is 17.4 Å². The SMILES string of the molecule is O=C1S/C(=C\c2ccc(-c3ccc([N+](=O)[O-])cc3Br)o2)C(=O)N1c1ccccc1. The maximum Gasteiger partial charge on any atom is 0.298 e. The van der Waals surface area contributed by atoms with E-state index in [9.17, 15) is 19.7 Å². The topological polar surface area (TPSA) is 93.7 Å². The smallest absolute Gasteiger partial charge is 0.298 e. The highest BCUT2D eigenvalue weighted by atomic mass is 79.9. The zero-order valence-corrected chi connectivity index (χ0v) is 17.0. The van der Waals surface area contributed by atoms with Crippen LogP contribution in [0.1, 0.15) is 5.76 Å². The fourth-order valence-electron chi connectivity index (χ4n) is 2.79. The van der Waals surface area contributed by atoms with E-state index >= 15 is 0 Å². The standard InChI is InChI=1S/C20H11BrN2O5S/c21-16-10-13(23(26)27)6-8-15(16)17-9-7-14(28-17)11-18-19(24)22(20(25)29-18)12-4-2-1-3-5-12/h1-11H/b18-11-. The summed E-state index contributed by atoms with van der Waals surface area (Å²) in [4.78, 5) is 36.7. The van der Waals surface area contributed by atoms with Crippen LogP contribution in [0, 0.1) is 10.1 Å². The molecule has 9 heteroatoms. The van der Waals surface area contributed by atoms with Crippen LogP contribution in [0.4, 0.5) is 16.2 Å². The Balaban J connectivity index is 1.61. The van der Waals surface area contributed by atoms with E-state index in [-0.39, 0.29) is 15.8 Å². The monoisotopic (exact) mass is 470 g/mol. The van der Waals surface area contributed by atoms with Gasteiger partial charge in [-0.1, -0.05) is 18.2 Å². The van der Waals surface area contributed by atoms with Gasteiger partial charge in [0.05, 0.1) is 15.5 Å². The predicted molar refractivity (Wildman–Crippen MR) is 113 cm³/mol. The Morgan fingerprint density at radius 2 is 1.83 bits per heavy atom. The average molecular weight is 471 g/mol. The molecule has 0 unspecified atom stereocenters. The van der Waals surface area contributed by atoms with Crippen molar-refractivity contribution >= 4 is 56.3 Å². The number of para-hydroxylation sites is 1. The highest BCUT2D eigenvalue weighted by Gasteiger charge is 2.36. The highest BCUT2D eigenvalue weighted by Crippen LogP contribution is 2.37. The lowest BCUT2D eigenvalue weighted by atomic mass is 10.1. The van der Waals surface area contributed by atoms with Gasteiger partial charge in [0.1, 0.15) is 11.5 Å². The van der Waals surface area contributed by atoms with Gasteiger partial charge < -0.3 is 4.42 Å². The number of carbonyl (C=O) groups is 2. The lowest BCUT2D eigenvalue weighted by Crippen LogP contribution is -2.27. The molecule has 1 aliphatic rings. The predicted octanol–water partition coefficient (Wildman–Crippen LogP) is 5.86. The number of benzene rings is 2. The summed E-state index contributed by atoms with van der Waals surface area (Å²) in [6.45, 7) is 0. The van der Waals surface area contributed by atoms with Crippen molar-refractivity contribution in [2.24, 2.45) is 0 Å². The molecule has 0 radical (unpaired) electrons. The Labute approximate surface area is 177 Å². The van der Waals surface area contributed by atoms with Crippen molar-refractivity contribution in [1.29, 1.82) is 0 Å². The molecule has 2 aromatic carbocycles. The number of furan rings is 1. The summed E-state index contributed by atoms with van der Waals surface area (Å²) in [5.74, 6) is 0.449. The Morgan fingerprint density at radius 1 is 1.07 bits per heavy atom. The number of hydrogen-bond acceptors (Lipinski definition) is 6. The van der Waals surface area contributed by atoms with E-state index in [1.54, 1.807) is 48.5 Å². The molecule has 1 fully saturated rings. The average Bonchev–Trinajstić information content (AvgIpc) is 3.27. The fourth-order valence-corrected chi connectivity index (χ4v) is 4.17. The van der Waals surface area contributed by atoms with Crippen molar-refractivity contribution < 1.29 is 18.9 Å². The molecule has 1 saturated heterocycles. The first-order valence-electron chi connectivity index (χ1n) is 8.31. The number of non-ortho nitro benzene ring substituents is 1.